The lowest BCUT2D eigenvalue weighted by atomic mass is 9.90. The Balaban J connectivity index is 0.00000242. The Bertz CT molecular complexity index is 454. The summed E-state index contributed by atoms with van der Waals surface area (Å²) in [5.41, 5.74) is 1.27. The van der Waals surface area contributed by atoms with Crippen molar-refractivity contribution in [3.8, 4) is 11.5 Å². The smallest absolute Gasteiger partial charge is 0.127 e. The second-order valence-corrected chi connectivity index (χ2v) is 5.72. The van der Waals surface area contributed by atoms with E-state index in [1.54, 1.807) is 14.2 Å². The average Bonchev–Trinajstić information content (AvgIpc) is 2.56. The van der Waals surface area contributed by atoms with Gasteiger partial charge < -0.3 is 14.8 Å². The van der Waals surface area contributed by atoms with Gasteiger partial charge in [0.05, 0.1) is 14.2 Å². The average molecular weight is 365 g/mol. The summed E-state index contributed by atoms with van der Waals surface area (Å²) in [7, 11) is 3.43. The van der Waals surface area contributed by atoms with Crippen molar-refractivity contribution in [2.24, 2.45) is 5.92 Å². The molecule has 23 heavy (non-hydrogen) atoms. The van der Waals surface area contributed by atoms with E-state index in [9.17, 15) is 0 Å². The van der Waals surface area contributed by atoms with Crippen LogP contribution in [0.3, 0.4) is 0 Å². The lowest BCUT2D eigenvalue weighted by Crippen LogP contribution is -2.46. The summed E-state index contributed by atoms with van der Waals surface area (Å²) in [5, 5.41) is 3.43. The Labute approximate surface area is 152 Å². The topological polar surface area (TPSA) is 33.7 Å². The minimum absolute atomic E-state index is 0. The highest BCUT2D eigenvalue weighted by Gasteiger charge is 2.28. The number of rotatable bonds is 6. The van der Waals surface area contributed by atoms with Gasteiger partial charge in [0.1, 0.15) is 11.5 Å². The van der Waals surface area contributed by atoms with Gasteiger partial charge in [-0.25, -0.2) is 0 Å². The molecule has 2 rings (SSSR count). The number of methoxy groups -OCH3 is 2. The van der Waals surface area contributed by atoms with E-state index >= 15 is 0 Å². The fourth-order valence-corrected chi connectivity index (χ4v) is 3.11. The SMILES string of the molecule is CCC(C)[C@@H](c1ccc(OC)cc1OC)N1CCNCC1.Cl.Cl. The highest BCUT2D eigenvalue weighted by Crippen LogP contribution is 2.38. The molecule has 0 aromatic heterocycles. The van der Waals surface area contributed by atoms with Gasteiger partial charge in [-0.15, -0.1) is 24.8 Å². The number of hydrogen-bond donors (Lipinski definition) is 1. The summed E-state index contributed by atoms with van der Waals surface area (Å²) in [4.78, 5) is 2.58. The molecule has 1 aromatic rings. The minimum atomic E-state index is 0. The minimum Gasteiger partial charge on any atom is -0.497 e. The Morgan fingerprint density at radius 2 is 1.78 bits per heavy atom. The first-order valence-corrected chi connectivity index (χ1v) is 7.88. The van der Waals surface area contributed by atoms with Gasteiger partial charge in [-0.1, -0.05) is 26.3 Å². The predicted molar refractivity (Wildman–Crippen MR) is 101 cm³/mol. The van der Waals surface area contributed by atoms with Crippen molar-refractivity contribution in [2.75, 3.05) is 40.4 Å². The van der Waals surface area contributed by atoms with Gasteiger partial charge in [-0.2, -0.15) is 0 Å². The van der Waals surface area contributed by atoms with Crippen LogP contribution in [0.2, 0.25) is 0 Å². The molecule has 1 unspecified atom stereocenters. The van der Waals surface area contributed by atoms with Crippen LogP contribution in [0.1, 0.15) is 31.9 Å². The third-order valence-corrected chi connectivity index (χ3v) is 4.49. The molecule has 0 radical (unpaired) electrons. The molecule has 134 valence electrons. The van der Waals surface area contributed by atoms with Crippen LogP contribution in [0.15, 0.2) is 18.2 Å². The quantitative estimate of drug-likeness (QED) is 0.836. The maximum Gasteiger partial charge on any atom is 0.127 e. The molecule has 1 aliphatic rings. The monoisotopic (exact) mass is 364 g/mol. The summed E-state index contributed by atoms with van der Waals surface area (Å²) < 4.78 is 11.0. The number of ether oxygens (including phenoxy) is 2. The summed E-state index contributed by atoms with van der Waals surface area (Å²) >= 11 is 0. The van der Waals surface area contributed by atoms with Gasteiger partial charge in [-0.05, 0) is 12.0 Å². The molecule has 6 heteroatoms. The molecule has 0 aliphatic carbocycles. The van der Waals surface area contributed by atoms with E-state index in [1.165, 1.54) is 5.56 Å². The normalized spacial score (nSPS) is 17.4. The second kappa shape index (κ2) is 11.0. The zero-order valence-corrected chi connectivity index (χ0v) is 16.1. The maximum absolute atomic E-state index is 5.63. The molecule has 0 bridgehead atoms. The van der Waals surface area contributed by atoms with E-state index in [4.69, 9.17) is 9.47 Å². The summed E-state index contributed by atoms with van der Waals surface area (Å²) in [5.74, 6) is 2.36. The van der Waals surface area contributed by atoms with Crippen molar-refractivity contribution in [1.29, 1.82) is 0 Å². The second-order valence-electron chi connectivity index (χ2n) is 5.72. The molecular formula is C17H30Cl2N2O2. The molecule has 1 aliphatic heterocycles. The first kappa shape index (κ1) is 22.3. The Hall–Kier alpha value is -0.680. The van der Waals surface area contributed by atoms with E-state index in [-0.39, 0.29) is 24.8 Å². The van der Waals surface area contributed by atoms with Gasteiger partial charge in [-0.3, -0.25) is 4.90 Å². The van der Waals surface area contributed by atoms with E-state index in [0.717, 1.165) is 44.1 Å². The first-order valence-electron chi connectivity index (χ1n) is 7.88. The predicted octanol–water partition coefficient (Wildman–Crippen LogP) is 3.54. The lowest BCUT2D eigenvalue weighted by Gasteiger charge is -2.39. The van der Waals surface area contributed by atoms with E-state index < -0.39 is 0 Å². The van der Waals surface area contributed by atoms with Gasteiger partial charge in [0.2, 0.25) is 0 Å². The van der Waals surface area contributed by atoms with Crippen molar-refractivity contribution in [3.05, 3.63) is 23.8 Å². The van der Waals surface area contributed by atoms with Gasteiger partial charge in [0, 0.05) is 43.9 Å². The largest absolute Gasteiger partial charge is 0.497 e. The number of hydrogen-bond acceptors (Lipinski definition) is 4. The molecule has 1 saturated heterocycles. The molecule has 0 spiro atoms. The van der Waals surface area contributed by atoms with Crippen LogP contribution in [0.25, 0.3) is 0 Å². The Kier molecular flexibility index (Phi) is 10.7. The molecule has 1 aromatic carbocycles. The number of piperazine rings is 1. The molecule has 4 nitrogen and oxygen atoms in total. The molecule has 2 atom stereocenters. The van der Waals surface area contributed by atoms with Crippen molar-refractivity contribution >= 4 is 24.8 Å². The van der Waals surface area contributed by atoms with Crippen molar-refractivity contribution in [1.82, 2.24) is 10.2 Å². The van der Waals surface area contributed by atoms with E-state index in [0.29, 0.717) is 12.0 Å². The summed E-state index contributed by atoms with van der Waals surface area (Å²) in [6.45, 7) is 8.89. The van der Waals surface area contributed by atoms with Crippen LogP contribution in [-0.4, -0.2) is 45.3 Å². The van der Waals surface area contributed by atoms with E-state index in [1.807, 2.05) is 12.1 Å². The van der Waals surface area contributed by atoms with Crippen LogP contribution >= 0.6 is 24.8 Å². The molecular weight excluding hydrogens is 335 g/mol. The highest BCUT2D eigenvalue weighted by molar-refractivity contribution is 5.85. The molecule has 0 saturated carbocycles. The number of nitrogens with one attached hydrogen (secondary N) is 1. The van der Waals surface area contributed by atoms with Crippen LogP contribution in [-0.2, 0) is 0 Å². The standard InChI is InChI=1S/C17H28N2O2.2ClH/c1-5-13(2)17(19-10-8-18-9-11-19)15-7-6-14(20-3)12-16(15)21-4;;/h6-7,12-13,17-18H,5,8-11H2,1-4H3;2*1H/t13?,17-;;/m0../s1. The molecule has 1 heterocycles. The van der Waals surface area contributed by atoms with Crippen LogP contribution in [0.5, 0.6) is 11.5 Å². The third kappa shape index (κ3) is 5.42. The van der Waals surface area contributed by atoms with Gasteiger partial charge in [0.15, 0.2) is 0 Å². The van der Waals surface area contributed by atoms with Crippen LogP contribution in [0, 0.1) is 5.92 Å². The van der Waals surface area contributed by atoms with Crippen molar-refractivity contribution < 1.29 is 9.47 Å². The zero-order chi connectivity index (χ0) is 15.2. The van der Waals surface area contributed by atoms with Crippen molar-refractivity contribution in [3.63, 3.8) is 0 Å². The zero-order valence-electron chi connectivity index (χ0n) is 14.5. The van der Waals surface area contributed by atoms with E-state index in [2.05, 4.69) is 30.1 Å². The Morgan fingerprint density at radius 1 is 1.13 bits per heavy atom. The summed E-state index contributed by atoms with van der Waals surface area (Å²) in [6, 6.07) is 6.59. The summed E-state index contributed by atoms with van der Waals surface area (Å²) in [6.07, 6.45) is 1.16. The number of benzene rings is 1. The molecule has 0 amide bonds. The Morgan fingerprint density at radius 3 is 2.30 bits per heavy atom. The highest BCUT2D eigenvalue weighted by atomic mass is 35.5. The third-order valence-electron chi connectivity index (χ3n) is 4.49. The van der Waals surface area contributed by atoms with Crippen molar-refractivity contribution in [2.45, 2.75) is 26.3 Å². The first-order chi connectivity index (χ1) is 10.2. The lowest BCUT2D eigenvalue weighted by molar-refractivity contribution is 0.126. The fourth-order valence-electron chi connectivity index (χ4n) is 3.11. The fraction of sp³-hybridized carbons (Fsp3) is 0.647. The molecule has 1 N–H and O–H groups in total. The van der Waals surface area contributed by atoms with Gasteiger partial charge >= 0.3 is 0 Å². The number of nitrogens with zero attached hydrogens (tertiary/aromatic N) is 1. The van der Waals surface area contributed by atoms with Gasteiger partial charge in [0.25, 0.3) is 0 Å². The van der Waals surface area contributed by atoms with Crippen LogP contribution < -0.4 is 14.8 Å². The number of halogens is 2. The molecule has 1 fully saturated rings. The maximum atomic E-state index is 5.63. The van der Waals surface area contributed by atoms with Crippen LogP contribution in [0.4, 0.5) is 0 Å².